The maximum absolute atomic E-state index is 10.2. The molecule has 1 aliphatic heterocycles. The average molecular weight is 166 g/mol. The Bertz CT molecular complexity index is 254. The number of carboxylic acid groups (broad SMARTS) is 1. The Kier molecular flexibility index (Phi) is 2.64. The van der Waals surface area contributed by atoms with Gasteiger partial charge in [0.1, 0.15) is 5.84 Å². The Labute approximate surface area is 69.9 Å². The first kappa shape index (κ1) is 8.53. The van der Waals surface area contributed by atoms with E-state index in [1.54, 1.807) is 11.1 Å². The molecule has 12 heavy (non-hydrogen) atoms. The third kappa shape index (κ3) is 1.95. The van der Waals surface area contributed by atoms with Gasteiger partial charge < -0.3 is 14.8 Å². The van der Waals surface area contributed by atoms with Crippen molar-refractivity contribution in [2.24, 2.45) is 4.99 Å². The molecule has 0 saturated carbocycles. The zero-order chi connectivity index (χ0) is 8.97. The van der Waals surface area contributed by atoms with Crippen molar-refractivity contribution in [2.75, 3.05) is 13.1 Å². The summed E-state index contributed by atoms with van der Waals surface area (Å²) in [6.07, 6.45) is 3.18. The highest BCUT2D eigenvalue weighted by Gasteiger charge is 2.17. The smallest absolute Gasteiger partial charge is 0.207 e. The summed E-state index contributed by atoms with van der Waals surface area (Å²) in [5.41, 5.74) is 0. The fourth-order valence-corrected chi connectivity index (χ4v) is 1.23. The first-order valence-electron chi connectivity index (χ1n) is 3.64. The second kappa shape index (κ2) is 3.72. The summed E-state index contributed by atoms with van der Waals surface area (Å²) in [6, 6.07) is 0. The zero-order valence-electron chi connectivity index (χ0n) is 6.49. The Hall–Kier alpha value is -1.57. The third-order valence-electron chi connectivity index (χ3n) is 1.69. The number of rotatable bonds is 2. The summed E-state index contributed by atoms with van der Waals surface area (Å²) < 4.78 is 0. The monoisotopic (exact) mass is 166 g/mol. The lowest BCUT2D eigenvalue weighted by Crippen LogP contribution is -2.38. The minimum atomic E-state index is -1.14. The van der Waals surface area contributed by atoms with Crippen molar-refractivity contribution in [2.45, 2.75) is 12.8 Å². The highest BCUT2D eigenvalue weighted by Crippen LogP contribution is 2.10. The highest BCUT2D eigenvalue weighted by molar-refractivity contribution is 5.87. The molecule has 0 aromatic rings. The van der Waals surface area contributed by atoms with Crippen LogP contribution in [0.3, 0.4) is 0 Å². The number of nitriles is 1. The van der Waals surface area contributed by atoms with E-state index in [-0.39, 0.29) is 6.54 Å². The van der Waals surface area contributed by atoms with E-state index in [0.717, 1.165) is 6.42 Å². The zero-order valence-corrected chi connectivity index (χ0v) is 6.49. The van der Waals surface area contributed by atoms with E-state index in [0.29, 0.717) is 18.8 Å². The van der Waals surface area contributed by atoms with Crippen LogP contribution in [0.25, 0.3) is 0 Å². The van der Waals surface area contributed by atoms with Gasteiger partial charge in [0.2, 0.25) is 6.19 Å². The number of carboxylic acids is 1. The van der Waals surface area contributed by atoms with E-state index in [1.165, 1.54) is 0 Å². The number of carbonyl (C=O) groups is 1. The number of nitrogens with zero attached hydrogens (tertiary/aromatic N) is 3. The Morgan fingerprint density at radius 3 is 3.17 bits per heavy atom. The normalized spacial score (nSPS) is 19.6. The highest BCUT2D eigenvalue weighted by atomic mass is 16.4. The van der Waals surface area contributed by atoms with E-state index in [9.17, 15) is 9.90 Å². The molecule has 0 spiro atoms. The minimum Gasteiger partial charge on any atom is -0.548 e. The van der Waals surface area contributed by atoms with E-state index in [2.05, 4.69) is 4.99 Å². The van der Waals surface area contributed by atoms with Gasteiger partial charge in [0, 0.05) is 13.0 Å². The van der Waals surface area contributed by atoms with Gasteiger partial charge in [0.25, 0.3) is 0 Å². The van der Waals surface area contributed by atoms with Crippen LogP contribution in [-0.4, -0.2) is 29.8 Å². The van der Waals surface area contributed by atoms with Crippen LogP contribution in [0.4, 0.5) is 0 Å². The first-order valence-corrected chi connectivity index (χ1v) is 3.64. The van der Waals surface area contributed by atoms with E-state index in [4.69, 9.17) is 5.26 Å². The SMILES string of the molecule is N#CN=C1CCCN1CC(=O)[O-]. The Balaban J connectivity index is 2.59. The number of carbonyl (C=O) groups excluding carboxylic acids is 1. The van der Waals surface area contributed by atoms with Crippen LogP contribution in [0.2, 0.25) is 0 Å². The molecule has 1 aliphatic rings. The van der Waals surface area contributed by atoms with Crippen molar-refractivity contribution in [3.05, 3.63) is 0 Å². The molecule has 1 saturated heterocycles. The molecule has 5 nitrogen and oxygen atoms in total. The number of amidine groups is 1. The number of aliphatic carboxylic acids is 1. The van der Waals surface area contributed by atoms with Crippen molar-refractivity contribution in [1.82, 2.24) is 4.90 Å². The molecular formula is C7H8N3O2-. The van der Waals surface area contributed by atoms with Crippen LogP contribution in [0.1, 0.15) is 12.8 Å². The second-order valence-electron chi connectivity index (χ2n) is 2.53. The molecule has 0 aliphatic carbocycles. The molecular weight excluding hydrogens is 158 g/mol. The summed E-state index contributed by atoms with van der Waals surface area (Å²) in [6.45, 7) is 0.481. The Morgan fingerprint density at radius 2 is 2.58 bits per heavy atom. The lowest BCUT2D eigenvalue weighted by molar-refractivity contribution is -0.305. The molecule has 0 atom stereocenters. The standard InChI is InChI=1S/C7H9N3O2/c8-5-9-6-2-1-3-10(6)4-7(11)12/h1-4H2,(H,11,12)/p-1. The topological polar surface area (TPSA) is 79.5 Å². The van der Waals surface area contributed by atoms with Gasteiger partial charge in [-0.05, 0) is 6.42 Å². The van der Waals surface area contributed by atoms with Crippen molar-refractivity contribution in [1.29, 1.82) is 5.26 Å². The maximum atomic E-state index is 10.2. The van der Waals surface area contributed by atoms with Gasteiger partial charge in [-0.25, -0.2) is 0 Å². The molecule has 5 heteroatoms. The summed E-state index contributed by atoms with van der Waals surface area (Å²) in [5, 5.41) is 18.5. The summed E-state index contributed by atoms with van der Waals surface area (Å²) in [5.74, 6) is -0.579. The molecule has 1 heterocycles. The van der Waals surface area contributed by atoms with Crippen LogP contribution in [0.5, 0.6) is 0 Å². The molecule has 64 valence electrons. The number of likely N-dealkylation sites (tertiary alicyclic amines) is 1. The predicted molar refractivity (Wildman–Crippen MR) is 38.9 cm³/mol. The van der Waals surface area contributed by atoms with E-state index >= 15 is 0 Å². The van der Waals surface area contributed by atoms with Gasteiger partial charge in [-0.1, -0.05) is 0 Å². The lowest BCUT2D eigenvalue weighted by atomic mass is 10.4. The third-order valence-corrected chi connectivity index (χ3v) is 1.69. The average Bonchev–Trinajstić information content (AvgIpc) is 2.37. The van der Waals surface area contributed by atoms with E-state index < -0.39 is 5.97 Å². The summed E-state index contributed by atoms with van der Waals surface area (Å²) in [4.78, 5) is 15.3. The lowest BCUT2D eigenvalue weighted by Gasteiger charge is -2.17. The fraction of sp³-hybridized carbons (Fsp3) is 0.571. The predicted octanol–water partition coefficient (Wildman–Crippen LogP) is -1.29. The van der Waals surface area contributed by atoms with Crippen LogP contribution < -0.4 is 5.11 Å². The second-order valence-corrected chi connectivity index (χ2v) is 2.53. The fourth-order valence-electron chi connectivity index (χ4n) is 1.23. The van der Waals surface area contributed by atoms with Gasteiger partial charge >= 0.3 is 0 Å². The molecule has 1 fully saturated rings. The molecule has 0 aromatic heterocycles. The van der Waals surface area contributed by atoms with Crippen molar-refractivity contribution in [3.63, 3.8) is 0 Å². The van der Waals surface area contributed by atoms with Gasteiger partial charge in [-0.2, -0.15) is 10.3 Å². The quantitative estimate of drug-likeness (QED) is 0.478. The number of hydrogen-bond acceptors (Lipinski definition) is 4. The van der Waals surface area contributed by atoms with E-state index in [1.807, 2.05) is 0 Å². The molecule has 0 amide bonds. The molecule has 0 radical (unpaired) electrons. The van der Waals surface area contributed by atoms with Crippen molar-refractivity contribution >= 4 is 11.8 Å². The minimum absolute atomic E-state index is 0.166. The summed E-state index contributed by atoms with van der Waals surface area (Å²) in [7, 11) is 0. The van der Waals surface area contributed by atoms with Crippen molar-refractivity contribution in [3.8, 4) is 6.19 Å². The molecule has 0 N–H and O–H groups in total. The van der Waals surface area contributed by atoms with Crippen molar-refractivity contribution < 1.29 is 9.90 Å². The first-order chi connectivity index (χ1) is 5.74. The largest absolute Gasteiger partial charge is 0.548 e. The van der Waals surface area contributed by atoms with Gasteiger partial charge in [-0.15, -0.1) is 0 Å². The van der Waals surface area contributed by atoms with Gasteiger partial charge in [0.05, 0.1) is 12.5 Å². The maximum Gasteiger partial charge on any atom is 0.207 e. The van der Waals surface area contributed by atoms with Crippen LogP contribution in [0.15, 0.2) is 4.99 Å². The number of aliphatic imine (C=N–C) groups is 1. The molecule has 0 bridgehead atoms. The molecule has 1 rings (SSSR count). The van der Waals surface area contributed by atoms with Crippen LogP contribution in [-0.2, 0) is 4.79 Å². The van der Waals surface area contributed by atoms with Crippen LogP contribution in [0, 0.1) is 11.5 Å². The number of hydrogen-bond donors (Lipinski definition) is 0. The molecule has 0 unspecified atom stereocenters. The van der Waals surface area contributed by atoms with Gasteiger partial charge in [0.15, 0.2) is 0 Å². The summed E-state index contributed by atoms with van der Waals surface area (Å²) >= 11 is 0. The van der Waals surface area contributed by atoms with Crippen LogP contribution >= 0.6 is 0 Å². The van der Waals surface area contributed by atoms with Gasteiger partial charge in [-0.3, -0.25) is 0 Å². The Morgan fingerprint density at radius 1 is 1.83 bits per heavy atom. The molecule has 0 aromatic carbocycles.